The van der Waals surface area contributed by atoms with Crippen molar-refractivity contribution < 1.29 is 9.59 Å². The summed E-state index contributed by atoms with van der Waals surface area (Å²) in [6, 6.07) is 10.0. The third kappa shape index (κ3) is 3.92. The SMILES string of the molecule is CN(C)C(=O)c1cc2c(s1)CC[C@@H](C(=O)NCCc1nc3ccccc3n1C)C2. The summed E-state index contributed by atoms with van der Waals surface area (Å²) in [5.41, 5.74) is 3.24. The first-order valence-corrected chi connectivity index (χ1v) is 10.8. The molecule has 0 bridgehead atoms. The van der Waals surface area contributed by atoms with Gasteiger partial charge >= 0.3 is 0 Å². The van der Waals surface area contributed by atoms with E-state index >= 15 is 0 Å². The van der Waals surface area contributed by atoms with E-state index in [-0.39, 0.29) is 17.7 Å². The smallest absolute Gasteiger partial charge is 0.263 e. The highest BCUT2D eigenvalue weighted by Gasteiger charge is 2.27. The van der Waals surface area contributed by atoms with Gasteiger partial charge in [-0.25, -0.2) is 4.98 Å². The number of imidazole rings is 1. The molecule has 2 amide bonds. The van der Waals surface area contributed by atoms with Crippen LogP contribution in [0.15, 0.2) is 30.3 Å². The fraction of sp³-hybridized carbons (Fsp3) is 0.409. The third-order valence-electron chi connectivity index (χ3n) is 5.60. The fourth-order valence-electron chi connectivity index (χ4n) is 3.93. The Balaban J connectivity index is 1.35. The summed E-state index contributed by atoms with van der Waals surface area (Å²) in [5.74, 6) is 1.08. The van der Waals surface area contributed by atoms with Crippen LogP contribution in [0.1, 0.15) is 32.4 Å². The third-order valence-corrected chi connectivity index (χ3v) is 6.82. The molecule has 2 heterocycles. The van der Waals surface area contributed by atoms with Gasteiger partial charge in [-0.1, -0.05) is 12.1 Å². The Hall–Kier alpha value is -2.67. The van der Waals surface area contributed by atoms with Gasteiger partial charge in [0.15, 0.2) is 0 Å². The second-order valence-corrected chi connectivity index (χ2v) is 8.95. The van der Waals surface area contributed by atoms with Gasteiger partial charge in [-0.2, -0.15) is 0 Å². The largest absolute Gasteiger partial charge is 0.355 e. The number of nitrogens with zero attached hydrogens (tertiary/aromatic N) is 3. The standard InChI is InChI=1S/C22H26N4O2S/c1-25(2)22(28)19-13-15-12-14(8-9-18(15)29-19)21(27)23-11-10-20-24-16-6-4-5-7-17(16)26(20)3/h4-7,13-14H,8-12H2,1-3H3,(H,23,27)/t14-/m1/s1. The highest BCUT2D eigenvalue weighted by Crippen LogP contribution is 2.33. The van der Waals surface area contributed by atoms with Crippen LogP contribution in [0.3, 0.4) is 0 Å². The molecule has 152 valence electrons. The molecule has 2 aromatic heterocycles. The van der Waals surface area contributed by atoms with E-state index in [4.69, 9.17) is 0 Å². The summed E-state index contributed by atoms with van der Waals surface area (Å²) in [6.07, 6.45) is 3.12. The Morgan fingerprint density at radius 3 is 2.86 bits per heavy atom. The van der Waals surface area contributed by atoms with Crippen molar-refractivity contribution in [1.29, 1.82) is 0 Å². The lowest BCUT2D eigenvalue weighted by atomic mass is 9.87. The van der Waals surface area contributed by atoms with Crippen molar-refractivity contribution in [3.05, 3.63) is 51.5 Å². The number of amides is 2. The number of thiophene rings is 1. The lowest BCUT2D eigenvalue weighted by molar-refractivity contribution is -0.125. The molecule has 1 aliphatic rings. The zero-order chi connectivity index (χ0) is 20.5. The van der Waals surface area contributed by atoms with Gasteiger partial charge in [0.05, 0.1) is 15.9 Å². The highest BCUT2D eigenvalue weighted by atomic mass is 32.1. The van der Waals surface area contributed by atoms with Crippen molar-refractivity contribution in [3.63, 3.8) is 0 Å². The normalized spacial score (nSPS) is 15.9. The number of para-hydroxylation sites is 2. The number of carbonyl (C=O) groups is 2. The van der Waals surface area contributed by atoms with Gasteiger partial charge in [0, 0.05) is 44.9 Å². The van der Waals surface area contributed by atoms with Crippen LogP contribution in [0.5, 0.6) is 0 Å². The summed E-state index contributed by atoms with van der Waals surface area (Å²) >= 11 is 1.57. The molecule has 0 fully saturated rings. The van der Waals surface area contributed by atoms with Crippen molar-refractivity contribution in [2.24, 2.45) is 13.0 Å². The van der Waals surface area contributed by atoms with Gasteiger partial charge < -0.3 is 14.8 Å². The van der Waals surface area contributed by atoms with E-state index in [0.717, 1.165) is 40.1 Å². The number of aryl methyl sites for hydroxylation is 2. The summed E-state index contributed by atoms with van der Waals surface area (Å²) in [5, 5.41) is 3.09. The Morgan fingerprint density at radius 2 is 2.10 bits per heavy atom. The zero-order valence-electron chi connectivity index (χ0n) is 17.1. The Bertz CT molecular complexity index is 1070. The molecular weight excluding hydrogens is 384 g/mol. The number of hydrogen-bond acceptors (Lipinski definition) is 4. The summed E-state index contributed by atoms with van der Waals surface area (Å²) < 4.78 is 2.09. The second kappa shape index (κ2) is 7.99. The molecule has 1 aromatic carbocycles. The lowest BCUT2D eigenvalue weighted by Crippen LogP contribution is -2.35. The first kappa shape index (κ1) is 19.6. The molecule has 7 heteroatoms. The molecule has 0 saturated heterocycles. The van der Waals surface area contributed by atoms with Crippen molar-refractivity contribution in [2.45, 2.75) is 25.7 Å². The van der Waals surface area contributed by atoms with E-state index in [1.54, 1.807) is 30.3 Å². The maximum Gasteiger partial charge on any atom is 0.263 e. The number of nitrogens with one attached hydrogen (secondary N) is 1. The van der Waals surface area contributed by atoms with Gasteiger partial charge in [0.25, 0.3) is 5.91 Å². The molecule has 0 aliphatic heterocycles. The number of rotatable bonds is 5. The summed E-state index contributed by atoms with van der Waals surface area (Å²) in [7, 11) is 5.54. The monoisotopic (exact) mass is 410 g/mol. The molecule has 1 N–H and O–H groups in total. The number of benzene rings is 1. The van der Waals surface area contributed by atoms with E-state index < -0.39 is 0 Å². The fourth-order valence-corrected chi connectivity index (χ4v) is 5.16. The number of carbonyl (C=O) groups excluding carboxylic acids is 2. The van der Waals surface area contributed by atoms with Crippen molar-refractivity contribution in [2.75, 3.05) is 20.6 Å². The molecular formula is C22H26N4O2S. The quantitative estimate of drug-likeness (QED) is 0.703. The van der Waals surface area contributed by atoms with E-state index in [9.17, 15) is 9.59 Å². The molecule has 0 saturated carbocycles. The number of aromatic nitrogens is 2. The average molecular weight is 411 g/mol. The predicted octanol–water partition coefficient (Wildman–Crippen LogP) is 2.80. The van der Waals surface area contributed by atoms with Crippen LogP contribution in [0.25, 0.3) is 11.0 Å². The molecule has 0 unspecified atom stereocenters. The van der Waals surface area contributed by atoms with E-state index in [1.165, 1.54) is 4.88 Å². The topological polar surface area (TPSA) is 67.2 Å². The van der Waals surface area contributed by atoms with Crippen LogP contribution < -0.4 is 5.32 Å². The minimum Gasteiger partial charge on any atom is -0.355 e. The lowest BCUT2D eigenvalue weighted by Gasteiger charge is -2.21. The van der Waals surface area contributed by atoms with Crippen LogP contribution in [0.2, 0.25) is 0 Å². The first-order chi connectivity index (χ1) is 13.9. The van der Waals surface area contributed by atoms with Crippen LogP contribution >= 0.6 is 11.3 Å². The Morgan fingerprint density at radius 1 is 1.31 bits per heavy atom. The number of hydrogen-bond donors (Lipinski definition) is 1. The molecule has 0 radical (unpaired) electrons. The first-order valence-electron chi connectivity index (χ1n) is 9.95. The van der Waals surface area contributed by atoms with Gasteiger partial charge in [0.2, 0.25) is 5.91 Å². The van der Waals surface area contributed by atoms with Gasteiger partial charge in [-0.3, -0.25) is 9.59 Å². The maximum absolute atomic E-state index is 12.7. The molecule has 1 aliphatic carbocycles. The average Bonchev–Trinajstić information content (AvgIpc) is 3.28. The predicted molar refractivity (Wildman–Crippen MR) is 115 cm³/mol. The zero-order valence-corrected chi connectivity index (χ0v) is 17.9. The van der Waals surface area contributed by atoms with Gasteiger partial charge in [-0.05, 0) is 43.0 Å². The van der Waals surface area contributed by atoms with E-state index in [0.29, 0.717) is 19.4 Å². The Labute approximate surface area is 174 Å². The summed E-state index contributed by atoms with van der Waals surface area (Å²) in [6.45, 7) is 0.577. The molecule has 29 heavy (non-hydrogen) atoms. The van der Waals surface area contributed by atoms with E-state index in [1.807, 2.05) is 31.3 Å². The summed E-state index contributed by atoms with van der Waals surface area (Å²) in [4.78, 5) is 33.2. The van der Waals surface area contributed by atoms with E-state index in [2.05, 4.69) is 20.9 Å². The second-order valence-electron chi connectivity index (χ2n) is 7.82. The number of fused-ring (bicyclic) bond motifs is 2. The van der Waals surface area contributed by atoms with Crippen LogP contribution in [0.4, 0.5) is 0 Å². The van der Waals surface area contributed by atoms with Crippen molar-refractivity contribution >= 4 is 34.2 Å². The Kier molecular flexibility index (Phi) is 5.41. The minimum absolute atomic E-state index is 0.0279. The van der Waals surface area contributed by atoms with Crippen LogP contribution in [0, 0.1) is 5.92 Å². The van der Waals surface area contributed by atoms with Crippen molar-refractivity contribution in [1.82, 2.24) is 19.8 Å². The highest BCUT2D eigenvalue weighted by molar-refractivity contribution is 7.14. The van der Waals surface area contributed by atoms with Gasteiger partial charge in [-0.15, -0.1) is 11.3 Å². The van der Waals surface area contributed by atoms with Gasteiger partial charge in [0.1, 0.15) is 5.82 Å². The van der Waals surface area contributed by atoms with Crippen molar-refractivity contribution in [3.8, 4) is 0 Å². The molecule has 3 aromatic rings. The maximum atomic E-state index is 12.7. The molecule has 4 rings (SSSR count). The van der Waals surface area contributed by atoms with Crippen LogP contribution in [-0.2, 0) is 31.1 Å². The minimum atomic E-state index is -0.0279. The molecule has 6 nitrogen and oxygen atoms in total. The van der Waals surface area contributed by atoms with Crippen LogP contribution in [-0.4, -0.2) is 46.9 Å². The molecule has 1 atom stereocenters. The molecule has 0 spiro atoms.